The summed E-state index contributed by atoms with van der Waals surface area (Å²) < 4.78 is 10.8. The Morgan fingerprint density at radius 1 is 1.00 bits per heavy atom. The third kappa shape index (κ3) is 3.44. The van der Waals surface area contributed by atoms with Gasteiger partial charge in [-0.1, -0.05) is 0 Å². The third-order valence-corrected chi connectivity index (χ3v) is 5.44. The van der Waals surface area contributed by atoms with E-state index in [0.717, 1.165) is 62.6 Å². The molecule has 2 aliphatic rings. The van der Waals surface area contributed by atoms with Gasteiger partial charge in [-0.2, -0.15) is 0 Å². The number of aromatic nitrogens is 1. The van der Waals surface area contributed by atoms with Crippen LogP contribution in [0.4, 0.5) is 5.69 Å². The van der Waals surface area contributed by atoms with Gasteiger partial charge in [-0.05, 0) is 54.7 Å². The molecule has 3 heterocycles. The Labute approximate surface area is 159 Å². The highest BCUT2D eigenvalue weighted by Crippen LogP contribution is 2.34. The van der Waals surface area contributed by atoms with Crippen LogP contribution in [0.2, 0.25) is 0 Å². The molecule has 1 saturated heterocycles. The van der Waals surface area contributed by atoms with Crippen molar-refractivity contribution in [3.8, 4) is 11.5 Å². The van der Waals surface area contributed by atoms with Gasteiger partial charge in [0.1, 0.15) is 5.69 Å². The van der Waals surface area contributed by atoms with Gasteiger partial charge in [-0.3, -0.25) is 4.79 Å². The quantitative estimate of drug-likeness (QED) is 0.832. The summed E-state index contributed by atoms with van der Waals surface area (Å²) in [5.41, 5.74) is 4.09. The average Bonchev–Trinajstić information content (AvgIpc) is 3.26. The van der Waals surface area contributed by atoms with E-state index in [0.29, 0.717) is 5.69 Å². The molecule has 142 valence electrons. The van der Waals surface area contributed by atoms with Crippen molar-refractivity contribution < 1.29 is 14.3 Å². The fourth-order valence-corrected chi connectivity index (χ4v) is 3.89. The number of amides is 1. The van der Waals surface area contributed by atoms with E-state index in [2.05, 4.69) is 22.0 Å². The summed E-state index contributed by atoms with van der Waals surface area (Å²) >= 11 is 0. The van der Waals surface area contributed by atoms with Crippen molar-refractivity contribution in [3.05, 3.63) is 47.3 Å². The van der Waals surface area contributed by atoms with Gasteiger partial charge in [0.2, 0.25) is 0 Å². The van der Waals surface area contributed by atoms with E-state index in [1.165, 1.54) is 11.1 Å². The van der Waals surface area contributed by atoms with Gasteiger partial charge >= 0.3 is 0 Å². The van der Waals surface area contributed by atoms with Crippen LogP contribution >= 0.6 is 0 Å². The molecule has 27 heavy (non-hydrogen) atoms. The Bertz CT molecular complexity index is 829. The molecule has 4 rings (SSSR count). The second-order valence-electron chi connectivity index (χ2n) is 7.05. The van der Waals surface area contributed by atoms with Crippen molar-refractivity contribution in [2.24, 2.45) is 0 Å². The van der Waals surface area contributed by atoms with Crippen molar-refractivity contribution in [1.82, 2.24) is 9.88 Å². The summed E-state index contributed by atoms with van der Waals surface area (Å²) in [5.74, 6) is 1.57. The van der Waals surface area contributed by atoms with Gasteiger partial charge in [-0.15, -0.1) is 0 Å². The van der Waals surface area contributed by atoms with Crippen LogP contribution < -0.4 is 14.4 Å². The Balaban J connectivity index is 1.51. The normalized spacial score (nSPS) is 16.2. The van der Waals surface area contributed by atoms with E-state index in [1.807, 2.05) is 23.2 Å². The number of hydrogen-bond acceptors (Lipinski definition) is 5. The minimum Gasteiger partial charge on any atom is -0.493 e. The number of carbonyl (C=O) groups excluding carboxylic acids is 1. The maximum Gasteiger partial charge on any atom is 0.272 e. The zero-order valence-electron chi connectivity index (χ0n) is 15.9. The first-order chi connectivity index (χ1) is 13.2. The monoisotopic (exact) mass is 367 g/mol. The molecule has 0 bridgehead atoms. The number of hydrogen-bond donors (Lipinski definition) is 0. The number of anilines is 1. The predicted octanol–water partition coefficient (Wildman–Crippen LogP) is 2.90. The Hall–Kier alpha value is -2.76. The smallest absolute Gasteiger partial charge is 0.272 e. The van der Waals surface area contributed by atoms with Crippen LogP contribution in [-0.2, 0) is 13.0 Å². The Kier molecular flexibility index (Phi) is 4.88. The SMILES string of the molecule is COc1cc2c(cc1OC)CN(c1ccc(C(=O)N3CCCC3)nc1)CC2. The molecule has 1 fully saturated rings. The third-order valence-electron chi connectivity index (χ3n) is 5.44. The van der Waals surface area contributed by atoms with Gasteiger partial charge in [-0.25, -0.2) is 4.98 Å². The lowest BCUT2D eigenvalue weighted by Gasteiger charge is -2.31. The standard InChI is InChI=1S/C21H25N3O3/c1-26-19-11-15-7-10-24(14-16(15)12-20(19)27-2)17-5-6-18(22-13-17)21(25)23-8-3-4-9-23/h5-6,11-13H,3-4,7-10,14H2,1-2H3. The Morgan fingerprint density at radius 2 is 1.70 bits per heavy atom. The first-order valence-electron chi connectivity index (χ1n) is 9.43. The summed E-state index contributed by atoms with van der Waals surface area (Å²) in [6.07, 6.45) is 4.93. The lowest BCUT2D eigenvalue weighted by Crippen LogP contribution is -2.31. The molecule has 0 spiro atoms. The van der Waals surface area contributed by atoms with Crippen LogP contribution in [0.1, 0.15) is 34.5 Å². The second kappa shape index (κ2) is 7.47. The van der Waals surface area contributed by atoms with Gasteiger partial charge in [0.25, 0.3) is 5.91 Å². The van der Waals surface area contributed by atoms with Crippen LogP contribution in [-0.4, -0.2) is 49.6 Å². The molecule has 0 N–H and O–H groups in total. The summed E-state index contributed by atoms with van der Waals surface area (Å²) in [7, 11) is 3.32. The zero-order chi connectivity index (χ0) is 18.8. The van der Waals surface area contributed by atoms with E-state index in [-0.39, 0.29) is 5.91 Å². The highest BCUT2D eigenvalue weighted by atomic mass is 16.5. The van der Waals surface area contributed by atoms with E-state index in [1.54, 1.807) is 14.2 Å². The molecule has 0 aliphatic carbocycles. The number of ether oxygens (including phenoxy) is 2. The lowest BCUT2D eigenvalue weighted by molar-refractivity contribution is 0.0787. The molecule has 0 radical (unpaired) electrons. The van der Waals surface area contributed by atoms with Crippen molar-refractivity contribution in [3.63, 3.8) is 0 Å². The molecule has 0 unspecified atom stereocenters. The topological polar surface area (TPSA) is 54.9 Å². The molecule has 2 aromatic rings. The number of benzene rings is 1. The molecule has 0 atom stereocenters. The van der Waals surface area contributed by atoms with Crippen LogP contribution in [0.3, 0.4) is 0 Å². The Morgan fingerprint density at radius 3 is 2.33 bits per heavy atom. The highest BCUT2D eigenvalue weighted by molar-refractivity contribution is 5.92. The minimum atomic E-state index is 0.0415. The zero-order valence-corrected chi connectivity index (χ0v) is 15.9. The predicted molar refractivity (Wildman–Crippen MR) is 104 cm³/mol. The van der Waals surface area contributed by atoms with Crippen molar-refractivity contribution in [1.29, 1.82) is 0 Å². The molecule has 2 aliphatic heterocycles. The van der Waals surface area contributed by atoms with Crippen molar-refractivity contribution >= 4 is 11.6 Å². The van der Waals surface area contributed by atoms with Crippen molar-refractivity contribution in [2.45, 2.75) is 25.8 Å². The number of carbonyl (C=O) groups is 1. The number of methoxy groups -OCH3 is 2. The lowest BCUT2D eigenvalue weighted by atomic mass is 9.98. The molecule has 1 aromatic heterocycles. The minimum absolute atomic E-state index is 0.0415. The van der Waals surface area contributed by atoms with Gasteiger partial charge in [0, 0.05) is 26.2 Å². The van der Waals surface area contributed by atoms with E-state index < -0.39 is 0 Å². The fraction of sp³-hybridized carbons (Fsp3) is 0.429. The number of likely N-dealkylation sites (tertiary alicyclic amines) is 1. The summed E-state index contributed by atoms with van der Waals surface area (Å²) in [5, 5.41) is 0. The van der Waals surface area contributed by atoms with Crippen LogP contribution in [0.15, 0.2) is 30.5 Å². The largest absolute Gasteiger partial charge is 0.493 e. The van der Waals surface area contributed by atoms with Crippen LogP contribution in [0, 0.1) is 0 Å². The first kappa shape index (κ1) is 17.6. The number of rotatable bonds is 4. The number of pyridine rings is 1. The first-order valence-corrected chi connectivity index (χ1v) is 9.43. The summed E-state index contributed by atoms with van der Waals surface area (Å²) in [4.78, 5) is 21.1. The summed E-state index contributed by atoms with van der Waals surface area (Å²) in [6, 6.07) is 7.97. The van der Waals surface area contributed by atoms with Crippen LogP contribution in [0.5, 0.6) is 11.5 Å². The fourth-order valence-electron chi connectivity index (χ4n) is 3.89. The molecule has 1 aromatic carbocycles. The van der Waals surface area contributed by atoms with Gasteiger partial charge in [0.05, 0.1) is 26.1 Å². The molecule has 6 heteroatoms. The average molecular weight is 367 g/mol. The molecule has 0 saturated carbocycles. The van der Waals surface area contributed by atoms with Crippen LogP contribution in [0.25, 0.3) is 0 Å². The maximum atomic E-state index is 12.5. The van der Waals surface area contributed by atoms with Gasteiger partial charge in [0.15, 0.2) is 11.5 Å². The van der Waals surface area contributed by atoms with E-state index in [4.69, 9.17) is 9.47 Å². The van der Waals surface area contributed by atoms with Gasteiger partial charge < -0.3 is 19.3 Å². The van der Waals surface area contributed by atoms with E-state index >= 15 is 0 Å². The maximum absolute atomic E-state index is 12.5. The number of nitrogens with zero attached hydrogens (tertiary/aromatic N) is 3. The number of fused-ring (bicyclic) bond motifs is 1. The molecule has 1 amide bonds. The molecule has 6 nitrogen and oxygen atoms in total. The molecular weight excluding hydrogens is 342 g/mol. The second-order valence-corrected chi connectivity index (χ2v) is 7.05. The highest BCUT2D eigenvalue weighted by Gasteiger charge is 2.22. The molecular formula is C21H25N3O3. The summed E-state index contributed by atoms with van der Waals surface area (Å²) in [6.45, 7) is 3.38. The van der Waals surface area contributed by atoms with E-state index in [9.17, 15) is 4.79 Å². The van der Waals surface area contributed by atoms with Crippen molar-refractivity contribution in [2.75, 3.05) is 38.8 Å².